The monoisotopic (exact) mass is 303 g/mol. The van der Waals surface area contributed by atoms with Crippen LogP contribution < -0.4 is 5.32 Å². The van der Waals surface area contributed by atoms with Crippen LogP contribution in [-0.2, 0) is 5.60 Å². The van der Waals surface area contributed by atoms with E-state index in [-0.39, 0.29) is 5.82 Å². The molecule has 22 heavy (non-hydrogen) atoms. The van der Waals surface area contributed by atoms with Crippen LogP contribution in [0.25, 0.3) is 0 Å². The summed E-state index contributed by atoms with van der Waals surface area (Å²) in [6.07, 6.45) is 4.87. The third-order valence-electron chi connectivity index (χ3n) is 4.57. The quantitative estimate of drug-likeness (QED) is 0.888. The van der Waals surface area contributed by atoms with Crippen molar-refractivity contribution in [3.8, 4) is 0 Å². The normalized spacial score (nSPS) is 24.3. The zero-order chi connectivity index (χ0) is 15.6. The van der Waals surface area contributed by atoms with Gasteiger partial charge in [-0.25, -0.2) is 4.39 Å². The summed E-state index contributed by atoms with van der Waals surface area (Å²) in [5.41, 5.74) is 0.133. The number of hydrogen-bond donors (Lipinski definition) is 2. The molecule has 2 aromatic rings. The van der Waals surface area contributed by atoms with Crippen molar-refractivity contribution in [2.45, 2.75) is 43.7 Å². The van der Waals surface area contributed by atoms with Gasteiger partial charge in [0.15, 0.2) is 0 Å². The molecule has 1 aliphatic rings. The number of hydrogen-bond acceptors (Lipinski definition) is 3. The molecule has 1 aromatic heterocycles. The molecule has 2 N–H and O–H groups in total. The minimum absolute atomic E-state index is 0.202. The highest BCUT2D eigenvalue weighted by Gasteiger charge is 2.32. The fraction of sp³-hybridized carbons (Fsp3) is 0.444. The summed E-state index contributed by atoms with van der Waals surface area (Å²) in [6.45, 7) is 2.18. The zero-order valence-electron chi connectivity index (χ0n) is 12.8. The van der Waals surface area contributed by atoms with E-state index in [2.05, 4.69) is 5.32 Å². The number of halogens is 1. The first-order valence-electron chi connectivity index (χ1n) is 7.81. The van der Waals surface area contributed by atoms with Crippen LogP contribution in [0.4, 0.5) is 4.39 Å². The predicted molar refractivity (Wildman–Crippen MR) is 83.1 cm³/mol. The van der Waals surface area contributed by atoms with E-state index in [9.17, 15) is 9.50 Å². The Bertz CT molecular complexity index is 592. The Kier molecular flexibility index (Phi) is 4.32. The first kappa shape index (κ1) is 15.3. The van der Waals surface area contributed by atoms with Gasteiger partial charge in [-0.05, 0) is 55.5 Å². The summed E-state index contributed by atoms with van der Waals surface area (Å²) >= 11 is 0. The lowest BCUT2D eigenvalue weighted by molar-refractivity contribution is 0.0312. The lowest BCUT2D eigenvalue weighted by atomic mass is 9.93. The van der Waals surface area contributed by atoms with Crippen molar-refractivity contribution in [1.29, 1.82) is 0 Å². The van der Waals surface area contributed by atoms with E-state index >= 15 is 0 Å². The van der Waals surface area contributed by atoms with Crippen LogP contribution in [-0.4, -0.2) is 17.7 Å². The molecule has 3 rings (SSSR count). The third-order valence-corrected chi connectivity index (χ3v) is 4.57. The molecule has 3 unspecified atom stereocenters. The Morgan fingerprint density at radius 3 is 2.73 bits per heavy atom. The molecule has 1 fully saturated rings. The van der Waals surface area contributed by atoms with Crippen LogP contribution in [0.1, 0.15) is 43.4 Å². The largest absolute Gasteiger partial charge is 0.466 e. The molecule has 0 radical (unpaired) electrons. The summed E-state index contributed by atoms with van der Waals surface area (Å²) < 4.78 is 18.4. The van der Waals surface area contributed by atoms with E-state index in [1.807, 2.05) is 12.1 Å². The average molecular weight is 303 g/mol. The molecule has 0 bridgehead atoms. The fourth-order valence-corrected chi connectivity index (χ4v) is 3.32. The highest BCUT2D eigenvalue weighted by molar-refractivity contribution is 5.23. The predicted octanol–water partition coefficient (Wildman–Crippen LogP) is 3.55. The molecular formula is C18H22FNO2. The lowest BCUT2D eigenvalue weighted by Crippen LogP contribution is -2.41. The zero-order valence-corrected chi connectivity index (χ0v) is 12.8. The maximum absolute atomic E-state index is 13.1. The van der Waals surface area contributed by atoms with E-state index in [0.717, 1.165) is 24.8 Å². The molecule has 3 atom stereocenters. The SMILES string of the molecule is CC(O)(CNC1CCCC1c1ccc(F)cc1)c1ccco1. The van der Waals surface area contributed by atoms with Crippen molar-refractivity contribution in [2.24, 2.45) is 0 Å². The standard InChI is InChI=1S/C18H22FNO2/c1-18(21,17-6-3-11-22-17)12-20-16-5-2-4-15(16)13-7-9-14(19)10-8-13/h3,6-11,15-16,20-21H,2,4-5,12H2,1H3. The molecule has 0 saturated heterocycles. The van der Waals surface area contributed by atoms with Gasteiger partial charge in [0.1, 0.15) is 17.2 Å². The Balaban J connectivity index is 1.65. The van der Waals surface area contributed by atoms with E-state index in [4.69, 9.17) is 4.42 Å². The van der Waals surface area contributed by atoms with Crippen molar-refractivity contribution in [1.82, 2.24) is 5.32 Å². The van der Waals surface area contributed by atoms with Crippen molar-refractivity contribution < 1.29 is 13.9 Å². The van der Waals surface area contributed by atoms with E-state index in [1.54, 1.807) is 25.3 Å². The number of nitrogens with one attached hydrogen (secondary N) is 1. The van der Waals surface area contributed by atoms with Crippen LogP contribution in [0.5, 0.6) is 0 Å². The first-order chi connectivity index (χ1) is 10.6. The number of aliphatic hydroxyl groups is 1. The summed E-state index contributed by atoms with van der Waals surface area (Å²) in [7, 11) is 0. The lowest BCUT2D eigenvalue weighted by Gasteiger charge is -2.27. The second-order valence-corrected chi connectivity index (χ2v) is 6.33. The van der Waals surface area contributed by atoms with Gasteiger partial charge in [-0.15, -0.1) is 0 Å². The van der Waals surface area contributed by atoms with Crippen LogP contribution in [0.15, 0.2) is 47.1 Å². The van der Waals surface area contributed by atoms with Crippen molar-refractivity contribution in [3.05, 3.63) is 59.8 Å². The second kappa shape index (κ2) is 6.23. The fourth-order valence-electron chi connectivity index (χ4n) is 3.32. The highest BCUT2D eigenvalue weighted by atomic mass is 19.1. The molecule has 3 nitrogen and oxygen atoms in total. The number of rotatable bonds is 5. The summed E-state index contributed by atoms with van der Waals surface area (Å²) in [6, 6.07) is 10.6. The number of furan rings is 1. The van der Waals surface area contributed by atoms with Gasteiger partial charge in [0, 0.05) is 12.6 Å². The minimum atomic E-state index is -1.03. The maximum atomic E-state index is 13.1. The van der Waals surface area contributed by atoms with Gasteiger partial charge >= 0.3 is 0 Å². The maximum Gasteiger partial charge on any atom is 0.136 e. The van der Waals surface area contributed by atoms with Crippen molar-refractivity contribution in [3.63, 3.8) is 0 Å². The average Bonchev–Trinajstić information content (AvgIpc) is 3.18. The molecule has 1 saturated carbocycles. The van der Waals surface area contributed by atoms with Crippen LogP contribution in [0.2, 0.25) is 0 Å². The second-order valence-electron chi connectivity index (χ2n) is 6.33. The van der Waals surface area contributed by atoms with E-state index < -0.39 is 5.60 Å². The van der Waals surface area contributed by atoms with E-state index in [1.165, 1.54) is 12.1 Å². The van der Waals surface area contributed by atoms with Crippen LogP contribution >= 0.6 is 0 Å². The molecule has 4 heteroatoms. The van der Waals surface area contributed by atoms with Crippen LogP contribution in [0, 0.1) is 5.82 Å². The summed E-state index contributed by atoms with van der Waals surface area (Å²) in [5.74, 6) is 0.733. The van der Waals surface area contributed by atoms with Gasteiger partial charge in [-0.1, -0.05) is 18.6 Å². The van der Waals surface area contributed by atoms with Gasteiger partial charge in [-0.3, -0.25) is 0 Å². The van der Waals surface area contributed by atoms with Gasteiger partial charge < -0.3 is 14.8 Å². The minimum Gasteiger partial charge on any atom is -0.466 e. The number of benzene rings is 1. The van der Waals surface area contributed by atoms with Gasteiger partial charge in [0.25, 0.3) is 0 Å². The van der Waals surface area contributed by atoms with Crippen molar-refractivity contribution in [2.75, 3.05) is 6.54 Å². The molecular weight excluding hydrogens is 281 g/mol. The Morgan fingerprint density at radius 1 is 1.27 bits per heavy atom. The van der Waals surface area contributed by atoms with Crippen molar-refractivity contribution >= 4 is 0 Å². The van der Waals surface area contributed by atoms with E-state index in [0.29, 0.717) is 24.3 Å². The summed E-state index contributed by atoms with van der Waals surface area (Å²) in [4.78, 5) is 0. The first-order valence-corrected chi connectivity index (χ1v) is 7.81. The van der Waals surface area contributed by atoms with Crippen LogP contribution in [0.3, 0.4) is 0 Å². The van der Waals surface area contributed by atoms with Gasteiger partial charge in [0.2, 0.25) is 0 Å². The third kappa shape index (κ3) is 3.23. The molecule has 118 valence electrons. The molecule has 1 aromatic carbocycles. The molecule has 1 heterocycles. The Labute approximate surface area is 130 Å². The molecule has 1 aliphatic carbocycles. The smallest absolute Gasteiger partial charge is 0.136 e. The molecule has 0 aliphatic heterocycles. The van der Waals surface area contributed by atoms with Gasteiger partial charge in [0.05, 0.1) is 6.26 Å². The highest BCUT2D eigenvalue weighted by Crippen LogP contribution is 2.35. The molecule has 0 spiro atoms. The topological polar surface area (TPSA) is 45.4 Å². The Morgan fingerprint density at radius 2 is 2.05 bits per heavy atom. The summed E-state index contributed by atoms with van der Waals surface area (Å²) in [5, 5.41) is 14.0. The van der Waals surface area contributed by atoms with Gasteiger partial charge in [-0.2, -0.15) is 0 Å². The Hall–Kier alpha value is -1.65. The molecule has 0 amide bonds.